The summed E-state index contributed by atoms with van der Waals surface area (Å²) in [4.78, 5) is 17.2. The molecule has 1 aromatic carbocycles. The fourth-order valence-electron chi connectivity index (χ4n) is 2.07. The zero-order chi connectivity index (χ0) is 12.3. The zero-order valence-corrected chi connectivity index (χ0v) is 11.4. The van der Waals surface area contributed by atoms with Gasteiger partial charge in [0.2, 0.25) is 0 Å². The number of hydrogen-bond donors (Lipinski definition) is 1. The Hall–Kier alpha value is -0.870. The van der Waals surface area contributed by atoms with Crippen LogP contribution in [0, 0.1) is 6.92 Å². The molecule has 1 saturated carbocycles. The van der Waals surface area contributed by atoms with E-state index in [2.05, 4.69) is 21.4 Å². The molecule has 1 aromatic rings. The summed E-state index contributed by atoms with van der Waals surface area (Å²) in [5.74, 6) is -0.179. The maximum absolute atomic E-state index is 11.8. The maximum atomic E-state index is 11.8. The van der Waals surface area contributed by atoms with Crippen molar-refractivity contribution in [1.82, 2.24) is 5.48 Å². The van der Waals surface area contributed by atoms with Crippen LogP contribution in [0.15, 0.2) is 22.7 Å². The third-order valence-corrected chi connectivity index (χ3v) is 3.38. The highest BCUT2D eigenvalue weighted by molar-refractivity contribution is 9.10. The minimum Gasteiger partial charge on any atom is -0.270 e. The number of carbonyl (C=O) groups is 1. The third-order valence-electron chi connectivity index (χ3n) is 2.92. The Morgan fingerprint density at radius 1 is 1.35 bits per heavy atom. The number of nitrogens with one attached hydrogen (secondary N) is 1. The van der Waals surface area contributed by atoms with Crippen LogP contribution in [0.1, 0.15) is 41.6 Å². The van der Waals surface area contributed by atoms with E-state index in [1.165, 1.54) is 12.8 Å². The number of halogens is 1. The second kappa shape index (κ2) is 5.65. The molecule has 92 valence electrons. The van der Waals surface area contributed by atoms with E-state index in [0.717, 1.165) is 22.9 Å². The number of carbonyl (C=O) groups excluding carboxylic acids is 1. The third kappa shape index (κ3) is 3.54. The highest BCUT2D eigenvalue weighted by Gasteiger charge is 2.17. The van der Waals surface area contributed by atoms with Crippen LogP contribution in [0.25, 0.3) is 0 Å². The SMILES string of the molecule is Cc1cc(Br)cc(C(=O)NOC2CCCC2)c1. The van der Waals surface area contributed by atoms with E-state index in [9.17, 15) is 4.79 Å². The molecule has 0 radical (unpaired) electrons. The summed E-state index contributed by atoms with van der Waals surface area (Å²) in [5.41, 5.74) is 4.20. The van der Waals surface area contributed by atoms with Gasteiger partial charge in [-0.05, 0) is 43.5 Å². The van der Waals surface area contributed by atoms with Gasteiger partial charge in [0, 0.05) is 10.0 Å². The molecule has 4 heteroatoms. The first-order valence-corrected chi connectivity index (χ1v) is 6.67. The minimum atomic E-state index is -0.179. The molecule has 17 heavy (non-hydrogen) atoms. The van der Waals surface area contributed by atoms with Gasteiger partial charge in [-0.1, -0.05) is 28.8 Å². The summed E-state index contributed by atoms with van der Waals surface area (Å²) in [6.45, 7) is 1.96. The van der Waals surface area contributed by atoms with Gasteiger partial charge < -0.3 is 0 Å². The van der Waals surface area contributed by atoms with E-state index < -0.39 is 0 Å². The lowest BCUT2D eigenvalue weighted by atomic mass is 10.1. The van der Waals surface area contributed by atoms with E-state index in [0.29, 0.717) is 5.56 Å². The minimum absolute atomic E-state index is 0.179. The van der Waals surface area contributed by atoms with Crippen molar-refractivity contribution in [1.29, 1.82) is 0 Å². The van der Waals surface area contributed by atoms with Crippen molar-refractivity contribution in [2.75, 3.05) is 0 Å². The maximum Gasteiger partial charge on any atom is 0.274 e. The predicted molar refractivity (Wildman–Crippen MR) is 69.7 cm³/mol. The summed E-state index contributed by atoms with van der Waals surface area (Å²) >= 11 is 3.38. The number of aryl methyl sites for hydroxylation is 1. The number of benzene rings is 1. The number of hydrogen-bond acceptors (Lipinski definition) is 2. The van der Waals surface area contributed by atoms with Gasteiger partial charge in [-0.2, -0.15) is 0 Å². The lowest BCUT2D eigenvalue weighted by Crippen LogP contribution is -2.28. The molecule has 1 aliphatic carbocycles. The molecule has 0 saturated heterocycles. The highest BCUT2D eigenvalue weighted by atomic mass is 79.9. The Bertz CT molecular complexity index is 394. The Kier molecular flexibility index (Phi) is 4.18. The van der Waals surface area contributed by atoms with Gasteiger partial charge in [0.1, 0.15) is 0 Å². The first-order valence-electron chi connectivity index (χ1n) is 5.88. The van der Waals surface area contributed by atoms with Crippen molar-refractivity contribution in [2.45, 2.75) is 38.7 Å². The van der Waals surface area contributed by atoms with Crippen LogP contribution in [0.3, 0.4) is 0 Å². The van der Waals surface area contributed by atoms with Crippen LogP contribution in [-0.2, 0) is 4.84 Å². The average Bonchev–Trinajstić information content (AvgIpc) is 2.77. The molecule has 1 aliphatic rings. The van der Waals surface area contributed by atoms with Crippen LogP contribution in [0.2, 0.25) is 0 Å². The number of rotatable bonds is 3. The van der Waals surface area contributed by atoms with E-state index in [1.807, 2.05) is 19.1 Å². The van der Waals surface area contributed by atoms with Crippen LogP contribution in [0.4, 0.5) is 0 Å². The van der Waals surface area contributed by atoms with Crippen molar-refractivity contribution < 1.29 is 9.63 Å². The molecule has 0 aromatic heterocycles. The van der Waals surface area contributed by atoms with Gasteiger partial charge in [-0.15, -0.1) is 0 Å². The van der Waals surface area contributed by atoms with Crippen LogP contribution in [0.5, 0.6) is 0 Å². The van der Waals surface area contributed by atoms with Crippen LogP contribution >= 0.6 is 15.9 Å². The van der Waals surface area contributed by atoms with Gasteiger partial charge in [0.15, 0.2) is 0 Å². The van der Waals surface area contributed by atoms with Crippen molar-refractivity contribution in [3.05, 3.63) is 33.8 Å². The molecule has 0 atom stereocenters. The molecular formula is C13H16BrNO2. The summed E-state index contributed by atoms with van der Waals surface area (Å²) in [6.07, 6.45) is 4.65. The van der Waals surface area contributed by atoms with E-state index in [1.54, 1.807) is 6.07 Å². The summed E-state index contributed by atoms with van der Waals surface area (Å²) in [5, 5.41) is 0. The van der Waals surface area contributed by atoms with Crippen molar-refractivity contribution in [3.63, 3.8) is 0 Å². The molecule has 1 amide bonds. The predicted octanol–water partition coefficient (Wildman–Crippen LogP) is 3.36. The molecule has 1 fully saturated rings. The normalized spacial score (nSPS) is 16.1. The average molecular weight is 298 g/mol. The van der Waals surface area contributed by atoms with Crippen molar-refractivity contribution in [2.24, 2.45) is 0 Å². The molecule has 0 unspecified atom stereocenters. The molecule has 0 spiro atoms. The van der Waals surface area contributed by atoms with Gasteiger partial charge in [0.05, 0.1) is 6.10 Å². The summed E-state index contributed by atoms with van der Waals surface area (Å²) in [7, 11) is 0. The topological polar surface area (TPSA) is 38.3 Å². The van der Waals surface area contributed by atoms with E-state index in [4.69, 9.17) is 4.84 Å². The second-order valence-corrected chi connectivity index (χ2v) is 5.39. The summed E-state index contributed by atoms with van der Waals surface area (Å²) < 4.78 is 0.906. The fraction of sp³-hybridized carbons (Fsp3) is 0.462. The highest BCUT2D eigenvalue weighted by Crippen LogP contribution is 2.20. The van der Waals surface area contributed by atoms with Gasteiger partial charge in [-0.3, -0.25) is 9.63 Å². The molecule has 2 rings (SSSR count). The van der Waals surface area contributed by atoms with E-state index >= 15 is 0 Å². The van der Waals surface area contributed by atoms with Gasteiger partial charge >= 0.3 is 0 Å². The summed E-state index contributed by atoms with van der Waals surface area (Å²) in [6, 6.07) is 5.60. The van der Waals surface area contributed by atoms with Crippen LogP contribution < -0.4 is 5.48 Å². The van der Waals surface area contributed by atoms with Gasteiger partial charge in [-0.25, -0.2) is 5.48 Å². The number of hydroxylamine groups is 1. The van der Waals surface area contributed by atoms with Crippen LogP contribution in [-0.4, -0.2) is 12.0 Å². The molecule has 0 aliphatic heterocycles. The molecule has 0 bridgehead atoms. The largest absolute Gasteiger partial charge is 0.274 e. The Morgan fingerprint density at radius 2 is 2.06 bits per heavy atom. The molecular weight excluding hydrogens is 282 g/mol. The van der Waals surface area contributed by atoms with Gasteiger partial charge in [0.25, 0.3) is 5.91 Å². The van der Waals surface area contributed by atoms with Crippen molar-refractivity contribution >= 4 is 21.8 Å². The molecule has 1 N–H and O–H groups in total. The first kappa shape index (κ1) is 12.6. The number of amides is 1. The zero-order valence-electron chi connectivity index (χ0n) is 9.83. The lowest BCUT2D eigenvalue weighted by Gasteiger charge is -2.11. The Balaban J connectivity index is 1.94. The fourth-order valence-corrected chi connectivity index (χ4v) is 2.68. The lowest BCUT2D eigenvalue weighted by molar-refractivity contribution is -0.0124. The standard InChI is InChI=1S/C13H16BrNO2/c1-9-6-10(8-11(14)7-9)13(16)15-17-12-4-2-3-5-12/h6-8,12H,2-5H2,1H3,(H,15,16). The second-order valence-electron chi connectivity index (χ2n) is 4.47. The smallest absolute Gasteiger partial charge is 0.270 e. The first-order chi connectivity index (χ1) is 8.15. The van der Waals surface area contributed by atoms with E-state index in [-0.39, 0.29) is 12.0 Å². The Morgan fingerprint density at radius 3 is 2.71 bits per heavy atom. The monoisotopic (exact) mass is 297 g/mol. The quantitative estimate of drug-likeness (QED) is 0.869. The Labute approximate surface area is 110 Å². The molecule has 3 nitrogen and oxygen atoms in total. The van der Waals surface area contributed by atoms with Crippen molar-refractivity contribution in [3.8, 4) is 0 Å². The molecule has 0 heterocycles.